The Morgan fingerprint density at radius 3 is 2.15 bits per heavy atom. The minimum absolute atomic E-state index is 0.0737. The molecule has 13 nitrogen and oxygen atoms in total. The molecule has 0 fully saturated rings. The third kappa shape index (κ3) is 13.0. The van der Waals surface area contributed by atoms with Gasteiger partial charge in [0.25, 0.3) is 0 Å². The fraction of sp³-hybridized carbons (Fsp3) is 0.519. The van der Waals surface area contributed by atoms with Crippen LogP contribution in [0.4, 0.5) is 9.18 Å². The number of carboxylic acids is 3. The molecule has 0 spiro atoms. The summed E-state index contributed by atoms with van der Waals surface area (Å²) < 4.78 is 14.0. The first-order valence-electron chi connectivity index (χ1n) is 13.4. The fourth-order valence-electron chi connectivity index (χ4n) is 4.01. The molecule has 0 aliphatic rings. The van der Waals surface area contributed by atoms with E-state index < -0.39 is 42.4 Å². The second-order valence-electron chi connectivity index (χ2n) is 9.64. The highest BCUT2D eigenvalue weighted by Crippen LogP contribution is 2.11. The Balaban J connectivity index is 1.74. The van der Waals surface area contributed by atoms with Crippen LogP contribution in [0.3, 0.4) is 0 Å². The van der Waals surface area contributed by atoms with Gasteiger partial charge < -0.3 is 26.0 Å². The Labute approximate surface area is 236 Å². The van der Waals surface area contributed by atoms with E-state index in [4.69, 9.17) is 10.2 Å². The van der Waals surface area contributed by atoms with E-state index >= 15 is 0 Å². The van der Waals surface area contributed by atoms with Crippen molar-refractivity contribution in [3.8, 4) is 0 Å². The molecule has 0 aliphatic heterocycles. The number of carboxylic acid groups (broad SMARTS) is 3. The summed E-state index contributed by atoms with van der Waals surface area (Å²) in [4.78, 5) is 58.1. The number of benzene rings is 1. The highest BCUT2D eigenvalue weighted by atomic mass is 19.1. The number of unbranched alkanes of at least 4 members (excludes halogenated alkanes) is 2. The molecule has 1 aromatic heterocycles. The first kappa shape index (κ1) is 32.8. The zero-order valence-corrected chi connectivity index (χ0v) is 22.6. The van der Waals surface area contributed by atoms with Gasteiger partial charge in [0.05, 0.1) is 12.4 Å². The number of alkyl halides is 1. The highest BCUT2D eigenvalue weighted by Gasteiger charge is 2.25. The Kier molecular flexibility index (Phi) is 13.9. The molecule has 1 heterocycles. The monoisotopic (exact) mass is 577 g/mol. The molecular formula is C27H36FN5O8. The number of aryl methyl sites for hydroxylation is 2. The van der Waals surface area contributed by atoms with Crippen LogP contribution in [0.5, 0.6) is 0 Å². The molecule has 2 amide bonds. The summed E-state index contributed by atoms with van der Waals surface area (Å²) in [5.74, 6) is -3.93. The number of Topliss-reactive ketones (excluding diaryl/α,β-unsaturated/α-hetero) is 1. The molecule has 2 aromatic rings. The van der Waals surface area contributed by atoms with Crippen LogP contribution < -0.4 is 10.6 Å². The smallest absolute Gasteiger partial charge is 0.326 e. The number of carbonyl (C=O) groups excluding carboxylic acids is 2. The van der Waals surface area contributed by atoms with Gasteiger partial charge in [-0.05, 0) is 43.2 Å². The molecule has 0 aliphatic carbocycles. The number of rotatable bonds is 20. The lowest BCUT2D eigenvalue weighted by Crippen LogP contribution is -2.51. The molecule has 0 saturated heterocycles. The molecule has 5 N–H and O–H groups in total. The molecule has 2 atom stereocenters. The van der Waals surface area contributed by atoms with Gasteiger partial charge in [-0.25, -0.2) is 14.4 Å². The topological polar surface area (TPSA) is 201 Å². The van der Waals surface area contributed by atoms with Crippen LogP contribution in [0.15, 0.2) is 30.5 Å². The SMILES string of the molecule is O=C(O)CC[C@H](NC(=O)N[C@@H](Cc1ccc(CC(=O)CCCCCn2cc(CCCF)nn2)cc1)C(=O)O)C(=O)O. The van der Waals surface area contributed by atoms with Crippen molar-refractivity contribution in [1.82, 2.24) is 25.6 Å². The van der Waals surface area contributed by atoms with E-state index in [1.54, 1.807) is 28.9 Å². The number of amides is 2. The summed E-state index contributed by atoms with van der Waals surface area (Å²) in [6.07, 6.45) is 4.94. The second-order valence-corrected chi connectivity index (χ2v) is 9.64. The van der Waals surface area contributed by atoms with Crippen molar-refractivity contribution in [3.05, 3.63) is 47.3 Å². The van der Waals surface area contributed by atoms with E-state index in [9.17, 15) is 33.5 Å². The summed E-state index contributed by atoms with van der Waals surface area (Å²) in [7, 11) is 0. The maximum absolute atomic E-state index is 12.4. The van der Waals surface area contributed by atoms with E-state index in [1.165, 1.54) is 0 Å². The minimum Gasteiger partial charge on any atom is -0.481 e. The van der Waals surface area contributed by atoms with Crippen LogP contribution in [0.2, 0.25) is 0 Å². The van der Waals surface area contributed by atoms with Crippen LogP contribution in [0, 0.1) is 0 Å². The second kappa shape index (κ2) is 17.4. The number of hydrogen-bond acceptors (Lipinski definition) is 7. The summed E-state index contributed by atoms with van der Waals surface area (Å²) in [6.45, 7) is 0.294. The average molecular weight is 578 g/mol. The van der Waals surface area contributed by atoms with Crippen LogP contribution in [-0.4, -0.2) is 78.8 Å². The van der Waals surface area contributed by atoms with Gasteiger partial charge in [0.15, 0.2) is 0 Å². The van der Waals surface area contributed by atoms with E-state index in [2.05, 4.69) is 20.9 Å². The van der Waals surface area contributed by atoms with Gasteiger partial charge in [-0.15, -0.1) is 5.10 Å². The van der Waals surface area contributed by atoms with Crippen LogP contribution in [0.25, 0.3) is 0 Å². The third-order valence-electron chi connectivity index (χ3n) is 6.21. The quantitative estimate of drug-likeness (QED) is 0.145. The lowest BCUT2D eigenvalue weighted by Gasteiger charge is -2.18. The predicted octanol–water partition coefficient (Wildman–Crippen LogP) is 2.17. The van der Waals surface area contributed by atoms with Crippen LogP contribution in [0.1, 0.15) is 61.8 Å². The summed E-state index contributed by atoms with van der Waals surface area (Å²) in [5.41, 5.74) is 2.11. The van der Waals surface area contributed by atoms with E-state index in [1.807, 2.05) is 6.20 Å². The number of carbonyl (C=O) groups is 5. The summed E-state index contributed by atoms with van der Waals surface area (Å²) in [5, 5.41) is 39.7. The molecule has 0 bridgehead atoms. The highest BCUT2D eigenvalue weighted by molar-refractivity contribution is 5.86. The van der Waals surface area contributed by atoms with E-state index in [-0.39, 0.29) is 31.7 Å². The fourth-order valence-corrected chi connectivity index (χ4v) is 4.01. The normalized spacial score (nSPS) is 12.3. The molecule has 0 unspecified atom stereocenters. The van der Waals surface area contributed by atoms with Gasteiger partial charge in [-0.3, -0.25) is 18.7 Å². The number of nitrogens with one attached hydrogen (secondary N) is 2. The van der Waals surface area contributed by atoms with Crippen molar-refractivity contribution < 1.29 is 43.7 Å². The van der Waals surface area contributed by atoms with Crippen LogP contribution in [-0.2, 0) is 45.0 Å². The van der Waals surface area contributed by atoms with Crippen molar-refractivity contribution in [2.75, 3.05) is 6.67 Å². The molecular weight excluding hydrogens is 541 g/mol. The number of urea groups is 1. The lowest BCUT2D eigenvalue weighted by molar-refractivity contribution is -0.140. The lowest BCUT2D eigenvalue weighted by atomic mass is 10.0. The van der Waals surface area contributed by atoms with Crippen molar-refractivity contribution in [3.63, 3.8) is 0 Å². The zero-order chi connectivity index (χ0) is 30.2. The number of ketones is 1. The van der Waals surface area contributed by atoms with Crippen molar-refractivity contribution >= 4 is 29.7 Å². The van der Waals surface area contributed by atoms with Gasteiger partial charge in [0.1, 0.15) is 17.9 Å². The summed E-state index contributed by atoms with van der Waals surface area (Å²) >= 11 is 0. The molecule has 41 heavy (non-hydrogen) atoms. The number of aromatic nitrogens is 3. The molecule has 0 radical (unpaired) electrons. The van der Waals surface area contributed by atoms with Gasteiger partial charge in [0, 0.05) is 38.4 Å². The molecule has 224 valence electrons. The Morgan fingerprint density at radius 1 is 0.854 bits per heavy atom. The standard InChI is InChI=1S/C27H36FN5O8/c28-13-4-5-20-17-33(32-31-20)14-3-1-2-6-21(34)15-18-7-9-19(10-8-18)16-23(26(39)40)30-27(41)29-22(25(37)38)11-12-24(35)36/h7-10,17,22-23H,1-6,11-16H2,(H,35,36)(H,37,38)(H,39,40)(H2,29,30,41)/t22-,23-/m0/s1. The minimum atomic E-state index is -1.49. The largest absolute Gasteiger partial charge is 0.481 e. The van der Waals surface area contributed by atoms with Crippen molar-refractivity contribution in [2.45, 2.75) is 82.8 Å². The number of hydrogen-bond donors (Lipinski definition) is 5. The van der Waals surface area contributed by atoms with E-state index in [0.29, 0.717) is 31.4 Å². The number of nitrogens with zero attached hydrogens (tertiary/aromatic N) is 3. The molecule has 14 heteroatoms. The molecule has 1 aromatic carbocycles. The maximum atomic E-state index is 12.4. The maximum Gasteiger partial charge on any atom is 0.326 e. The third-order valence-corrected chi connectivity index (χ3v) is 6.21. The average Bonchev–Trinajstić information content (AvgIpc) is 3.37. The Morgan fingerprint density at radius 2 is 1.51 bits per heavy atom. The van der Waals surface area contributed by atoms with Crippen LogP contribution >= 0.6 is 0 Å². The van der Waals surface area contributed by atoms with Gasteiger partial charge in [-0.1, -0.05) is 35.9 Å². The summed E-state index contributed by atoms with van der Waals surface area (Å²) in [6, 6.07) is 2.84. The van der Waals surface area contributed by atoms with Gasteiger partial charge in [-0.2, -0.15) is 0 Å². The van der Waals surface area contributed by atoms with E-state index in [0.717, 1.165) is 30.5 Å². The molecule has 0 saturated carbocycles. The van der Waals surface area contributed by atoms with Gasteiger partial charge >= 0.3 is 23.9 Å². The van der Waals surface area contributed by atoms with Crippen molar-refractivity contribution in [1.29, 1.82) is 0 Å². The van der Waals surface area contributed by atoms with Gasteiger partial charge in [0.2, 0.25) is 0 Å². The number of aliphatic carboxylic acids is 3. The molecule has 2 rings (SSSR count). The first-order chi connectivity index (χ1) is 19.6. The van der Waals surface area contributed by atoms with Crippen molar-refractivity contribution in [2.24, 2.45) is 0 Å². The number of halogens is 1. The zero-order valence-electron chi connectivity index (χ0n) is 22.6. The first-order valence-corrected chi connectivity index (χ1v) is 13.4. The Bertz CT molecular complexity index is 1170. The Hall–Kier alpha value is -4.36. The predicted molar refractivity (Wildman–Crippen MR) is 143 cm³/mol.